The highest BCUT2D eigenvalue weighted by Gasteiger charge is 2.78. The van der Waals surface area contributed by atoms with Crippen LogP contribution in [0.25, 0.3) is 0 Å². The number of fused-ring (bicyclic) bond motifs is 5. The Bertz CT molecular complexity index is 2340. The molecule has 1 amide bonds. The number of ether oxygens (including phenoxy) is 5. The van der Waals surface area contributed by atoms with Gasteiger partial charge in [-0.05, 0) is 67.0 Å². The minimum Gasteiger partial charge on any atom is -0.456 e. The first-order chi connectivity index (χ1) is 29.7. The number of rotatable bonds is 10. The summed E-state index contributed by atoms with van der Waals surface area (Å²) in [5.74, 6) is -7.76. The molecule has 0 radical (unpaired) electrons. The fourth-order valence-electron chi connectivity index (χ4n) is 10.2. The molecule has 3 aromatic rings. The van der Waals surface area contributed by atoms with E-state index in [9.17, 15) is 43.7 Å². The topological polar surface area (TPSA) is 221 Å². The van der Waals surface area contributed by atoms with E-state index in [-0.39, 0.29) is 40.9 Å². The van der Waals surface area contributed by atoms with Crippen molar-refractivity contribution in [3.05, 3.63) is 119 Å². The third kappa shape index (κ3) is 7.62. The summed E-state index contributed by atoms with van der Waals surface area (Å²) in [4.78, 5) is 83.4. The summed E-state index contributed by atoms with van der Waals surface area (Å²) in [7, 11) is 0. The van der Waals surface area contributed by atoms with E-state index < -0.39 is 118 Å². The Morgan fingerprint density at radius 2 is 1.48 bits per heavy atom. The molecule has 3 aromatic carbocycles. The van der Waals surface area contributed by atoms with Crippen LogP contribution >= 0.6 is 0 Å². The molecule has 2 saturated carbocycles. The average molecular weight is 871 g/mol. The maximum absolute atomic E-state index is 15.5. The number of hydrogen-bond acceptors (Lipinski definition) is 14. The Labute approximate surface area is 362 Å². The quantitative estimate of drug-likeness (QED) is 0.129. The van der Waals surface area contributed by atoms with Gasteiger partial charge in [0.2, 0.25) is 0 Å². The van der Waals surface area contributed by atoms with E-state index in [0.29, 0.717) is 0 Å². The van der Waals surface area contributed by atoms with Gasteiger partial charge in [-0.25, -0.2) is 14.0 Å². The lowest BCUT2D eigenvalue weighted by Crippen LogP contribution is -2.82. The summed E-state index contributed by atoms with van der Waals surface area (Å²) >= 11 is 0. The van der Waals surface area contributed by atoms with Gasteiger partial charge >= 0.3 is 23.9 Å². The molecule has 0 unspecified atom stereocenters. The van der Waals surface area contributed by atoms with Gasteiger partial charge in [-0.15, -0.1) is 0 Å². The van der Waals surface area contributed by atoms with Crippen molar-refractivity contribution in [3.63, 3.8) is 0 Å². The van der Waals surface area contributed by atoms with Crippen LogP contribution in [0.5, 0.6) is 0 Å². The number of ketones is 1. The Morgan fingerprint density at radius 3 is 2.05 bits per heavy atom. The van der Waals surface area contributed by atoms with Crippen LogP contribution in [0.15, 0.2) is 96.1 Å². The van der Waals surface area contributed by atoms with Crippen molar-refractivity contribution in [2.75, 3.05) is 6.61 Å². The second kappa shape index (κ2) is 16.7. The zero-order valence-electron chi connectivity index (χ0n) is 35.5. The van der Waals surface area contributed by atoms with Gasteiger partial charge in [0, 0.05) is 37.7 Å². The number of carbonyl (C=O) groups excluding carboxylic acids is 6. The normalized spacial score (nSPS) is 31.6. The van der Waals surface area contributed by atoms with Gasteiger partial charge in [-0.3, -0.25) is 19.2 Å². The number of hydrogen-bond donors (Lipinski definition) is 4. The number of halogens is 1. The second-order valence-corrected chi connectivity index (χ2v) is 17.5. The zero-order chi connectivity index (χ0) is 45.8. The number of aliphatic hydroxyl groups excluding tert-OH is 2. The van der Waals surface area contributed by atoms with Crippen molar-refractivity contribution in [1.82, 2.24) is 5.32 Å². The largest absolute Gasteiger partial charge is 0.456 e. The number of carbonyl (C=O) groups is 6. The molecule has 16 heteroatoms. The van der Waals surface area contributed by atoms with E-state index in [4.69, 9.17) is 23.7 Å². The third-order valence-corrected chi connectivity index (χ3v) is 13.6. The van der Waals surface area contributed by atoms with E-state index in [1.54, 1.807) is 48.5 Å². The molecule has 11 atom stereocenters. The summed E-state index contributed by atoms with van der Waals surface area (Å²) in [6.07, 6.45) is -10.8. The summed E-state index contributed by atoms with van der Waals surface area (Å²) < 4.78 is 43.9. The van der Waals surface area contributed by atoms with Crippen LogP contribution in [0.2, 0.25) is 0 Å². The summed E-state index contributed by atoms with van der Waals surface area (Å²) in [5, 5.41) is 40.1. The number of Topliss-reactive ketones (excluding diaryl/α,β-unsaturated/α-hetero) is 1. The Morgan fingerprint density at radius 1 is 0.857 bits per heavy atom. The van der Waals surface area contributed by atoms with Crippen LogP contribution in [-0.2, 0) is 42.9 Å². The summed E-state index contributed by atoms with van der Waals surface area (Å²) in [6, 6.07) is 19.0. The van der Waals surface area contributed by atoms with Gasteiger partial charge in [0.1, 0.15) is 29.7 Å². The molecule has 3 aliphatic carbocycles. The minimum atomic E-state index is -2.42. The Kier molecular flexibility index (Phi) is 12.0. The second-order valence-electron chi connectivity index (χ2n) is 17.5. The first-order valence-corrected chi connectivity index (χ1v) is 20.6. The van der Waals surface area contributed by atoms with Crippen molar-refractivity contribution < 1.29 is 72.2 Å². The van der Waals surface area contributed by atoms with Gasteiger partial charge < -0.3 is 44.3 Å². The summed E-state index contributed by atoms with van der Waals surface area (Å²) in [5.41, 5.74) is -7.51. The molecule has 334 valence electrons. The lowest BCUT2D eigenvalue weighted by Gasteiger charge is -2.67. The first kappa shape index (κ1) is 45.2. The summed E-state index contributed by atoms with van der Waals surface area (Å²) in [6.45, 7) is 7.83. The number of benzene rings is 3. The molecule has 4 aliphatic rings. The van der Waals surface area contributed by atoms with E-state index in [0.717, 1.165) is 26.0 Å². The van der Waals surface area contributed by atoms with Gasteiger partial charge in [0.15, 0.2) is 23.6 Å². The average Bonchev–Trinajstić information content (AvgIpc) is 3.24. The molecule has 63 heavy (non-hydrogen) atoms. The Balaban J connectivity index is 1.38. The minimum absolute atomic E-state index is 0.0260. The lowest BCUT2D eigenvalue weighted by molar-refractivity contribution is -0.346. The van der Waals surface area contributed by atoms with Crippen molar-refractivity contribution >= 4 is 35.6 Å². The molecular weight excluding hydrogens is 821 g/mol. The molecule has 1 saturated heterocycles. The molecule has 0 aromatic heterocycles. The molecule has 7 rings (SSSR count). The molecule has 1 aliphatic heterocycles. The maximum atomic E-state index is 15.5. The molecule has 2 bridgehead atoms. The maximum Gasteiger partial charge on any atom is 0.338 e. The molecule has 4 N–H and O–H groups in total. The van der Waals surface area contributed by atoms with E-state index in [1.807, 2.05) is 0 Å². The molecule has 1 heterocycles. The third-order valence-electron chi connectivity index (χ3n) is 13.6. The SMILES string of the molecule is CC(=O)O[C@H]1C(=O)[C@@]2(C)[C@H]([C@H](OC(=O)c3ccccc3)[C@]3(O)C[C@H](OC(=O)[C@H](O)[C@@H](NC(=O)c4ccc([18F])cc4)c4ccccc4)C(C)=C1C3(C)C)[C@]1(OC(C)=O)CO[C@@H]1C[C@@H]2O. The fourth-order valence-corrected chi connectivity index (χ4v) is 10.2. The fraction of sp³-hybridized carbons (Fsp3) is 0.447. The monoisotopic (exact) mass is 870 g/mol. The van der Waals surface area contributed by atoms with Crippen molar-refractivity contribution in [3.8, 4) is 0 Å². The number of aliphatic hydroxyl groups is 3. The van der Waals surface area contributed by atoms with E-state index in [2.05, 4.69) is 5.32 Å². The van der Waals surface area contributed by atoms with Gasteiger partial charge in [-0.1, -0.05) is 62.4 Å². The zero-order valence-corrected chi connectivity index (χ0v) is 35.5. The predicted octanol–water partition coefficient (Wildman–Crippen LogP) is 3.87. The van der Waals surface area contributed by atoms with Gasteiger partial charge in [-0.2, -0.15) is 0 Å². The standard InChI is InChI=1S/C47H50FNO14/c1-24-31(61-43(57)36(53)35(27-13-9-7-10-14-27)49-41(55)28-17-19-30(48)20-18-28)22-47(58)40(62-42(56)29-15-11-8-12-16-29)38-45(6,32(52)21-33-46(38,23-59-33)63-26(3)51)39(54)37(60-25(2)50)34(24)44(47,4)5/h7-20,31-33,35-38,40,52-53,58H,21-23H2,1-6H3,(H,49,55)/t31-,32-,33+,35-,36+,37+,38-,40-,45+,46-,47+/m0/s1/i48-1. The molecule has 0 spiro atoms. The first-order valence-electron chi connectivity index (χ1n) is 20.6. The smallest absolute Gasteiger partial charge is 0.338 e. The van der Waals surface area contributed by atoms with Gasteiger partial charge in [0.05, 0.1) is 35.6 Å². The number of nitrogens with one attached hydrogen (secondary N) is 1. The predicted molar refractivity (Wildman–Crippen MR) is 218 cm³/mol. The van der Waals surface area contributed by atoms with E-state index >= 15 is 4.79 Å². The lowest BCUT2D eigenvalue weighted by atomic mass is 9.44. The van der Waals surface area contributed by atoms with Crippen LogP contribution in [0, 0.1) is 22.6 Å². The van der Waals surface area contributed by atoms with Crippen LogP contribution in [0.4, 0.5) is 4.39 Å². The van der Waals surface area contributed by atoms with Gasteiger partial charge in [0.25, 0.3) is 5.91 Å². The van der Waals surface area contributed by atoms with Crippen LogP contribution in [0.3, 0.4) is 0 Å². The number of esters is 4. The highest BCUT2D eigenvalue weighted by Crippen LogP contribution is 2.64. The van der Waals surface area contributed by atoms with Crippen molar-refractivity contribution in [2.45, 2.75) is 108 Å². The molecular formula is C47H50FNO14. The highest BCUT2D eigenvalue weighted by molar-refractivity contribution is 5.96. The van der Waals surface area contributed by atoms with Crippen molar-refractivity contribution in [2.24, 2.45) is 16.7 Å². The Hall–Kier alpha value is -5.81. The molecule has 15 nitrogen and oxygen atoms in total. The van der Waals surface area contributed by atoms with Crippen molar-refractivity contribution in [1.29, 1.82) is 0 Å². The number of amides is 1. The molecule has 3 fully saturated rings. The van der Waals surface area contributed by atoms with Crippen LogP contribution < -0.4 is 5.32 Å². The highest BCUT2D eigenvalue weighted by atomic mass is 18.2. The van der Waals surface area contributed by atoms with Crippen LogP contribution in [0.1, 0.15) is 86.7 Å². The van der Waals surface area contributed by atoms with E-state index in [1.165, 1.54) is 52.0 Å². The van der Waals surface area contributed by atoms with Crippen LogP contribution in [-0.4, -0.2) is 105 Å².